The molecule has 1 saturated carbocycles. The van der Waals surface area contributed by atoms with Gasteiger partial charge in [0.1, 0.15) is 0 Å². The number of amides is 2. The van der Waals surface area contributed by atoms with Gasteiger partial charge < -0.3 is 9.64 Å². The Kier molecular flexibility index (Phi) is 4.49. The third kappa shape index (κ3) is 3.16. The molecule has 1 aliphatic heterocycles. The van der Waals surface area contributed by atoms with E-state index in [9.17, 15) is 4.79 Å². The number of hydrogen-bond acceptors (Lipinski definition) is 4. The molecule has 1 aliphatic carbocycles. The third-order valence-electron chi connectivity index (χ3n) is 4.83. The van der Waals surface area contributed by atoms with Crippen LogP contribution in [0, 0.1) is 0 Å². The number of morpholine rings is 1. The summed E-state index contributed by atoms with van der Waals surface area (Å²) in [6.45, 7) is 1.69. The first-order chi connectivity index (χ1) is 11.8. The maximum absolute atomic E-state index is 12.7. The zero-order valence-corrected chi connectivity index (χ0v) is 14.3. The number of carbonyl (C=O) groups excluding carboxylic acids is 1. The molecule has 2 amide bonds. The van der Waals surface area contributed by atoms with Crippen LogP contribution < -0.4 is 5.32 Å². The summed E-state index contributed by atoms with van der Waals surface area (Å²) in [7, 11) is 0. The fourth-order valence-corrected chi connectivity index (χ4v) is 3.98. The third-order valence-corrected chi connectivity index (χ3v) is 5.61. The quantitative estimate of drug-likeness (QED) is 0.916. The van der Waals surface area contributed by atoms with E-state index in [1.807, 2.05) is 35.2 Å². The molecule has 5 nitrogen and oxygen atoms in total. The molecule has 1 aromatic heterocycles. The van der Waals surface area contributed by atoms with E-state index in [0.29, 0.717) is 30.8 Å². The number of aromatic nitrogens is 1. The van der Waals surface area contributed by atoms with Gasteiger partial charge >= 0.3 is 6.03 Å². The molecule has 1 N–H and O–H groups in total. The Hall–Kier alpha value is -1.92. The van der Waals surface area contributed by atoms with E-state index in [4.69, 9.17) is 4.74 Å². The number of urea groups is 1. The molecule has 24 heavy (non-hydrogen) atoms. The van der Waals surface area contributed by atoms with Crippen LogP contribution in [0.5, 0.6) is 0 Å². The Morgan fingerprint density at radius 2 is 2.12 bits per heavy atom. The highest BCUT2D eigenvalue weighted by Crippen LogP contribution is 2.37. The second-order valence-corrected chi connectivity index (χ2v) is 7.19. The molecule has 126 valence electrons. The van der Waals surface area contributed by atoms with Crippen LogP contribution >= 0.6 is 11.3 Å². The maximum Gasteiger partial charge on any atom is 0.324 e. The van der Waals surface area contributed by atoms with Crippen molar-refractivity contribution < 1.29 is 9.53 Å². The molecule has 0 bridgehead atoms. The Bertz CT molecular complexity index is 699. The number of hydrogen-bond donors (Lipinski definition) is 1. The van der Waals surface area contributed by atoms with Crippen LogP contribution in [0.25, 0.3) is 0 Å². The molecular formula is C18H21N3O2S. The summed E-state index contributed by atoms with van der Waals surface area (Å²) in [5.74, 6) is 0.590. The molecule has 1 unspecified atom stereocenters. The summed E-state index contributed by atoms with van der Waals surface area (Å²) >= 11 is 1.52. The normalized spacial score (nSPS) is 21.3. The Labute approximate surface area is 145 Å². The van der Waals surface area contributed by atoms with E-state index in [-0.39, 0.29) is 12.1 Å². The first-order valence-electron chi connectivity index (χ1n) is 8.47. The van der Waals surface area contributed by atoms with Gasteiger partial charge in [0, 0.05) is 17.8 Å². The lowest BCUT2D eigenvalue weighted by Crippen LogP contribution is -2.45. The lowest BCUT2D eigenvalue weighted by atomic mass is 9.83. The number of benzene rings is 1. The van der Waals surface area contributed by atoms with Gasteiger partial charge in [0.25, 0.3) is 0 Å². The highest BCUT2D eigenvalue weighted by Gasteiger charge is 2.29. The van der Waals surface area contributed by atoms with E-state index < -0.39 is 0 Å². The molecular weight excluding hydrogens is 322 g/mol. The first kappa shape index (κ1) is 15.6. The van der Waals surface area contributed by atoms with Crippen LogP contribution in [0.2, 0.25) is 0 Å². The molecule has 1 aromatic carbocycles. The second-order valence-electron chi connectivity index (χ2n) is 6.33. The van der Waals surface area contributed by atoms with Crippen molar-refractivity contribution in [2.24, 2.45) is 0 Å². The van der Waals surface area contributed by atoms with E-state index >= 15 is 0 Å². The fraction of sp³-hybridized carbons (Fsp3) is 0.444. The number of carbonyl (C=O) groups is 1. The van der Waals surface area contributed by atoms with Crippen molar-refractivity contribution in [2.45, 2.75) is 31.2 Å². The number of nitrogens with one attached hydrogen (secondary N) is 1. The lowest BCUT2D eigenvalue weighted by molar-refractivity contribution is 0.0148. The van der Waals surface area contributed by atoms with Gasteiger partial charge in [-0.2, -0.15) is 0 Å². The number of nitrogens with zero attached hydrogens (tertiary/aromatic N) is 2. The lowest BCUT2D eigenvalue weighted by Gasteiger charge is -2.35. The van der Waals surface area contributed by atoms with Crippen molar-refractivity contribution in [3.63, 3.8) is 0 Å². The van der Waals surface area contributed by atoms with Crippen LogP contribution in [0.3, 0.4) is 0 Å². The molecule has 0 radical (unpaired) electrons. The molecule has 1 saturated heterocycles. The SMILES string of the molecule is O=C(Nc1nc(C2CCC2)cs1)N1CCOCC1c1ccccc1. The topological polar surface area (TPSA) is 54.5 Å². The molecule has 2 aliphatic rings. The average Bonchev–Trinajstić information content (AvgIpc) is 3.02. The number of rotatable bonds is 3. The van der Waals surface area contributed by atoms with Crippen LogP contribution in [0.15, 0.2) is 35.7 Å². The van der Waals surface area contributed by atoms with Crippen LogP contribution in [0.4, 0.5) is 9.93 Å². The average molecular weight is 343 g/mol. The van der Waals surface area contributed by atoms with Crippen LogP contribution in [0.1, 0.15) is 42.5 Å². The van der Waals surface area contributed by atoms with E-state index in [1.165, 1.54) is 30.6 Å². The van der Waals surface area contributed by atoms with Gasteiger partial charge in [-0.1, -0.05) is 36.8 Å². The highest BCUT2D eigenvalue weighted by molar-refractivity contribution is 7.13. The summed E-state index contributed by atoms with van der Waals surface area (Å²) in [5.41, 5.74) is 2.23. The van der Waals surface area contributed by atoms with Crippen LogP contribution in [-0.4, -0.2) is 35.7 Å². The summed E-state index contributed by atoms with van der Waals surface area (Å²) in [4.78, 5) is 19.2. The van der Waals surface area contributed by atoms with E-state index in [1.54, 1.807) is 0 Å². The molecule has 6 heteroatoms. The van der Waals surface area contributed by atoms with Crippen molar-refractivity contribution in [1.82, 2.24) is 9.88 Å². The smallest absolute Gasteiger partial charge is 0.324 e. The fourth-order valence-electron chi connectivity index (χ4n) is 3.20. The van der Waals surface area contributed by atoms with Gasteiger partial charge in [-0.15, -0.1) is 11.3 Å². The van der Waals surface area contributed by atoms with Gasteiger partial charge in [-0.3, -0.25) is 5.32 Å². The Balaban J connectivity index is 1.46. The van der Waals surface area contributed by atoms with Gasteiger partial charge in [-0.25, -0.2) is 9.78 Å². The minimum absolute atomic E-state index is 0.0500. The standard InChI is InChI=1S/C18H21N3O2S/c22-18(20-17-19-15(12-24-17)13-7-4-8-13)21-9-10-23-11-16(21)14-5-2-1-3-6-14/h1-3,5-6,12-13,16H,4,7-11H2,(H,19,20,22). The van der Waals surface area contributed by atoms with Crippen molar-refractivity contribution in [1.29, 1.82) is 0 Å². The van der Waals surface area contributed by atoms with Crippen molar-refractivity contribution in [3.05, 3.63) is 47.0 Å². The zero-order chi connectivity index (χ0) is 16.4. The number of thiazole rings is 1. The van der Waals surface area contributed by atoms with Gasteiger partial charge in [0.05, 0.1) is 24.9 Å². The molecule has 2 fully saturated rings. The van der Waals surface area contributed by atoms with E-state index in [2.05, 4.69) is 15.7 Å². The summed E-state index contributed by atoms with van der Waals surface area (Å²) < 4.78 is 5.59. The molecule has 4 rings (SSSR count). The minimum Gasteiger partial charge on any atom is -0.377 e. The highest BCUT2D eigenvalue weighted by atomic mass is 32.1. The van der Waals surface area contributed by atoms with Crippen LogP contribution in [-0.2, 0) is 4.74 Å². The predicted molar refractivity (Wildman–Crippen MR) is 94.4 cm³/mol. The number of anilines is 1. The Morgan fingerprint density at radius 3 is 2.88 bits per heavy atom. The summed E-state index contributed by atoms with van der Waals surface area (Å²) in [5, 5.41) is 5.75. The molecule has 0 spiro atoms. The zero-order valence-electron chi connectivity index (χ0n) is 13.5. The van der Waals surface area contributed by atoms with Crippen molar-refractivity contribution >= 4 is 22.5 Å². The van der Waals surface area contributed by atoms with Crippen molar-refractivity contribution in [2.75, 3.05) is 25.1 Å². The summed E-state index contributed by atoms with van der Waals surface area (Å²) in [6, 6.07) is 9.90. The van der Waals surface area contributed by atoms with E-state index in [0.717, 1.165) is 11.3 Å². The summed E-state index contributed by atoms with van der Waals surface area (Å²) in [6.07, 6.45) is 3.73. The largest absolute Gasteiger partial charge is 0.377 e. The Morgan fingerprint density at radius 1 is 1.29 bits per heavy atom. The minimum atomic E-state index is -0.0957. The molecule has 1 atom stereocenters. The predicted octanol–water partition coefficient (Wildman–Crippen LogP) is 4.02. The second kappa shape index (κ2) is 6.91. The van der Waals surface area contributed by atoms with Gasteiger partial charge in [0.2, 0.25) is 0 Å². The molecule has 2 heterocycles. The number of ether oxygens (including phenoxy) is 1. The monoisotopic (exact) mass is 343 g/mol. The van der Waals surface area contributed by atoms with Crippen molar-refractivity contribution in [3.8, 4) is 0 Å². The first-order valence-corrected chi connectivity index (χ1v) is 9.35. The van der Waals surface area contributed by atoms with Gasteiger partial charge in [0.15, 0.2) is 5.13 Å². The van der Waals surface area contributed by atoms with Gasteiger partial charge in [-0.05, 0) is 18.4 Å². The molecule has 2 aromatic rings. The maximum atomic E-state index is 12.7.